The number of rotatable bonds is 3. The van der Waals surface area contributed by atoms with Crippen LogP contribution in [0.3, 0.4) is 0 Å². The molecule has 0 bridgehead atoms. The van der Waals surface area contributed by atoms with Gasteiger partial charge in [0, 0.05) is 0 Å². The molecule has 2 aliphatic carbocycles. The predicted octanol–water partition coefficient (Wildman–Crippen LogP) is 2.10. The average Bonchev–Trinajstić information content (AvgIpc) is 2.46. The number of nitrogens with zero attached hydrogens (tertiary/aromatic N) is 1. The summed E-state index contributed by atoms with van der Waals surface area (Å²) in [5, 5.41) is 15.1. The van der Waals surface area contributed by atoms with Crippen molar-refractivity contribution in [2.24, 2.45) is 16.3 Å². The first-order valence-electron chi connectivity index (χ1n) is 7.54. The maximum Gasteiger partial charge on any atom is 0.234 e. The number of carbonyl (C=O) groups is 1. The van der Waals surface area contributed by atoms with Crippen LogP contribution in [0.25, 0.3) is 0 Å². The third-order valence-corrected chi connectivity index (χ3v) is 4.91. The van der Waals surface area contributed by atoms with Crippen LogP contribution in [0, 0.1) is 5.41 Å². The minimum atomic E-state index is -0.804. The zero-order valence-electron chi connectivity index (χ0n) is 12.0. The van der Waals surface area contributed by atoms with E-state index in [1.165, 1.54) is 11.1 Å². The molecule has 0 heterocycles. The Morgan fingerprint density at radius 2 is 2.10 bits per heavy atom. The minimum Gasteiger partial charge on any atom is -0.409 e. The van der Waals surface area contributed by atoms with Gasteiger partial charge in [-0.05, 0) is 43.2 Å². The first-order chi connectivity index (χ1) is 10.2. The molecule has 1 unspecified atom stereocenters. The summed E-state index contributed by atoms with van der Waals surface area (Å²) in [6.45, 7) is 0. The summed E-state index contributed by atoms with van der Waals surface area (Å²) in [5.74, 6) is -0.0684. The highest BCUT2D eigenvalue weighted by atomic mass is 16.4. The highest BCUT2D eigenvalue weighted by molar-refractivity contribution is 6.07. The Morgan fingerprint density at radius 3 is 2.76 bits per heavy atom. The molecule has 0 spiro atoms. The lowest BCUT2D eigenvalue weighted by molar-refractivity contribution is -0.132. The summed E-state index contributed by atoms with van der Waals surface area (Å²) in [5.41, 5.74) is 7.45. The Bertz CT molecular complexity index is 579. The summed E-state index contributed by atoms with van der Waals surface area (Å²) in [7, 11) is 0. The van der Waals surface area contributed by atoms with E-state index in [1.807, 2.05) is 12.1 Å². The molecule has 0 saturated heterocycles. The number of amidine groups is 1. The Morgan fingerprint density at radius 1 is 1.33 bits per heavy atom. The summed E-state index contributed by atoms with van der Waals surface area (Å²) in [6, 6.07) is 8.28. The van der Waals surface area contributed by atoms with E-state index in [1.54, 1.807) is 0 Å². The number of oxime groups is 1. The van der Waals surface area contributed by atoms with E-state index in [2.05, 4.69) is 22.6 Å². The van der Waals surface area contributed by atoms with Crippen molar-refractivity contribution in [3.8, 4) is 0 Å². The number of nitrogens with one attached hydrogen (secondary N) is 1. The van der Waals surface area contributed by atoms with Gasteiger partial charge >= 0.3 is 0 Å². The van der Waals surface area contributed by atoms with Crippen LogP contribution in [0.4, 0.5) is 0 Å². The largest absolute Gasteiger partial charge is 0.409 e. The van der Waals surface area contributed by atoms with Gasteiger partial charge in [0.2, 0.25) is 5.91 Å². The lowest BCUT2D eigenvalue weighted by atomic mass is 9.67. The number of benzene rings is 1. The molecule has 1 fully saturated rings. The molecule has 0 aromatic heterocycles. The van der Waals surface area contributed by atoms with Gasteiger partial charge in [-0.25, -0.2) is 0 Å². The molecular weight excluding hydrogens is 266 g/mol. The molecule has 0 aliphatic heterocycles. The molecule has 4 N–H and O–H groups in total. The van der Waals surface area contributed by atoms with Crippen molar-refractivity contribution in [1.82, 2.24) is 5.32 Å². The van der Waals surface area contributed by atoms with E-state index in [0.717, 1.165) is 25.7 Å². The monoisotopic (exact) mass is 287 g/mol. The molecule has 2 aliphatic rings. The van der Waals surface area contributed by atoms with Crippen molar-refractivity contribution < 1.29 is 10.0 Å². The van der Waals surface area contributed by atoms with Gasteiger partial charge in [0.1, 0.15) is 5.41 Å². The van der Waals surface area contributed by atoms with Gasteiger partial charge in [0.05, 0.1) is 6.04 Å². The van der Waals surface area contributed by atoms with Gasteiger partial charge in [-0.15, -0.1) is 0 Å². The second kappa shape index (κ2) is 5.39. The molecule has 3 rings (SSSR count). The number of aryl methyl sites for hydroxylation is 1. The van der Waals surface area contributed by atoms with Crippen molar-refractivity contribution >= 4 is 11.7 Å². The lowest BCUT2D eigenvalue weighted by Gasteiger charge is -2.40. The van der Waals surface area contributed by atoms with Crippen LogP contribution in [0.5, 0.6) is 0 Å². The summed E-state index contributed by atoms with van der Waals surface area (Å²) >= 11 is 0. The molecular formula is C16H21N3O2. The van der Waals surface area contributed by atoms with E-state index in [0.29, 0.717) is 12.8 Å². The zero-order chi connectivity index (χ0) is 14.9. The standard InChI is InChI=1S/C16H21N3O2/c17-14(19-21)16(9-4-10-16)15(20)18-13-8-3-6-11-5-1-2-7-12(11)13/h1-2,5,7,13,21H,3-4,6,8-10H2,(H2,17,19)(H,18,20). The number of fused-ring (bicyclic) bond motifs is 1. The molecule has 5 heteroatoms. The highest BCUT2D eigenvalue weighted by Crippen LogP contribution is 2.42. The Labute approximate surface area is 124 Å². The Kier molecular flexibility index (Phi) is 3.57. The minimum absolute atomic E-state index is 0.0337. The molecule has 112 valence electrons. The number of hydrogen-bond acceptors (Lipinski definition) is 3. The molecule has 0 radical (unpaired) electrons. The molecule has 5 nitrogen and oxygen atoms in total. The van der Waals surface area contributed by atoms with Crippen LogP contribution < -0.4 is 11.1 Å². The lowest BCUT2D eigenvalue weighted by Crippen LogP contribution is -2.54. The SMILES string of the molecule is N/C(=N/O)C1(C(=O)NC2CCCc3ccccc32)CCC1. The molecule has 1 aromatic rings. The molecule has 1 amide bonds. The van der Waals surface area contributed by atoms with Crippen LogP contribution in [0.2, 0.25) is 0 Å². The van der Waals surface area contributed by atoms with Gasteiger partial charge in [-0.3, -0.25) is 4.79 Å². The average molecular weight is 287 g/mol. The first kappa shape index (κ1) is 13.9. The van der Waals surface area contributed by atoms with Gasteiger partial charge in [-0.2, -0.15) is 0 Å². The second-order valence-corrected chi connectivity index (χ2v) is 6.04. The van der Waals surface area contributed by atoms with Gasteiger partial charge in [-0.1, -0.05) is 35.8 Å². The van der Waals surface area contributed by atoms with E-state index < -0.39 is 5.41 Å². The summed E-state index contributed by atoms with van der Waals surface area (Å²) in [6.07, 6.45) is 5.32. The van der Waals surface area contributed by atoms with Crippen molar-refractivity contribution in [2.75, 3.05) is 0 Å². The van der Waals surface area contributed by atoms with Crippen molar-refractivity contribution in [3.63, 3.8) is 0 Å². The maximum absolute atomic E-state index is 12.6. The second-order valence-electron chi connectivity index (χ2n) is 6.04. The predicted molar refractivity (Wildman–Crippen MR) is 80.0 cm³/mol. The van der Waals surface area contributed by atoms with Crippen LogP contribution in [0.1, 0.15) is 49.3 Å². The molecule has 1 saturated carbocycles. The van der Waals surface area contributed by atoms with Crippen molar-refractivity contribution in [3.05, 3.63) is 35.4 Å². The van der Waals surface area contributed by atoms with Gasteiger partial charge in [0.15, 0.2) is 5.84 Å². The number of carbonyl (C=O) groups excluding carboxylic acids is 1. The van der Waals surface area contributed by atoms with Gasteiger partial charge < -0.3 is 16.3 Å². The van der Waals surface area contributed by atoms with Crippen LogP contribution in [0.15, 0.2) is 29.4 Å². The smallest absolute Gasteiger partial charge is 0.234 e. The van der Waals surface area contributed by atoms with Crippen LogP contribution in [-0.2, 0) is 11.2 Å². The maximum atomic E-state index is 12.6. The fourth-order valence-electron chi connectivity index (χ4n) is 3.43. The molecule has 1 aromatic carbocycles. The van der Waals surface area contributed by atoms with E-state index in [4.69, 9.17) is 10.9 Å². The zero-order valence-corrected chi connectivity index (χ0v) is 12.0. The topological polar surface area (TPSA) is 87.7 Å². The van der Waals surface area contributed by atoms with Gasteiger partial charge in [0.25, 0.3) is 0 Å². The van der Waals surface area contributed by atoms with E-state index in [-0.39, 0.29) is 17.8 Å². The van der Waals surface area contributed by atoms with Crippen molar-refractivity contribution in [2.45, 2.75) is 44.6 Å². The third-order valence-electron chi connectivity index (χ3n) is 4.91. The molecule has 1 atom stereocenters. The molecule has 21 heavy (non-hydrogen) atoms. The Hall–Kier alpha value is -2.04. The summed E-state index contributed by atoms with van der Waals surface area (Å²) < 4.78 is 0. The highest BCUT2D eigenvalue weighted by Gasteiger charge is 2.49. The first-order valence-corrected chi connectivity index (χ1v) is 7.54. The normalized spacial score (nSPS) is 23.8. The summed E-state index contributed by atoms with van der Waals surface area (Å²) in [4.78, 5) is 12.6. The van der Waals surface area contributed by atoms with Crippen molar-refractivity contribution in [1.29, 1.82) is 0 Å². The van der Waals surface area contributed by atoms with Crippen LogP contribution >= 0.6 is 0 Å². The number of nitrogens with two attached hydrogens (primary N) is 1. The van der Waals surface area contributed by atoms with E-state index in [9.17, 15) is 4.79 Å². The van der Waals surface area contributed by atoms with E-state index >= 15 is 0 Å². The fraction of sp³-hybridized carbons (Fsp3) is 0.500. The fourth-order valence-corrected chi connectivity index (χ4v) is 3.43. The Balaban J connectivity index is 1.80. The third kappa shape index (κ3) is 2.26. The quantitative estimate of drug-likeness (QED) is 0.344. The van der Waals surface area contributed by atoms with Crippen LogP contribution in [-0.4, -0.2) is 17.0 Å². The number of amides is 1. The number of hydrogen-bond donors (Lipinski definition) is 3.